The Labute approximate surface area is 269 Å². The van der Waals surface area contributed by atoms with Crippen LogP contribution in [0.5, 0.6) is 0 Å². The molecule has 1 aromatic rings. The van der Waals surface area contributed by atoms with E-state index in [9.17, 15) is 42.3 Å². The summed E-state index contributed by atoms with van der Waals surface area (Å²) < 4.78 is 44.1. The smallest absolute Gasteiger partial charge is 0.410 e. The first-order chi connectivity index (χ1) is 21.8. The molecule has 0 spiro atoms. The average Bonchev–Trinajstić information content (AvgIpc) is 3.30. The molecule has 4 amide bonds. The lowest BCUT2D eigenvalue weighted by Crippen LogP contribution is -2.56. The van der Waals surface area contributed by atoms with Gasteiger partial charge < -0.3 is 25.4 Å². The molecule has 46 heavy (non-hydrogen) atoms. The number of carboxylic acids is 1. The Morgan fingerprint density at radius 1 is 1.09 bits per heavy atom. The first-order valence-electron chi connectivity index (χ1n) is 15.7. The number of alkyl halides is 3. The second-order valence-corrected chi connectivity index (χ2v) is 13.1. The summed E-state index contributed by atoms with van der Waals surface area (Å²) in [7, 11) is 0. The Morgan fingerprint density at radius 2 is 1.80 bits per heavy atom. The second-order valence-electron chi connectivity index (χ2n) is 12.7. The summed E-state index contributed by atoms with van der Waals surface area (Å²) >= 11 is 6.28. The maximum Gasteiger partial charge on any atom is 0.410 e. The van der Waals surface area contributed by atoms with Crippen molar-refractivity contribution in [1.82, 2.24) is 20.4 Å². The maximum atomic E-state index is 14.0. The molecule has 3 N–H and O–H groups in total. The average molecular weight is 671 g/mol. The van der Waals surface area contributed by atoms with Crippen LogP contribution in [-0.4, -0.2) is 81.1 Å². The van der Waals surface area contributed by atoms with E-state index in [1.807, 2.05) is 6.07 Å². The predicted molar refractivity (Wildman–Crippen MR) is 157 cm³/mol. The lowest BCUT2D eigenvalue weighted by Gasteiger charge is -2.29. The normalized spacial score (nSPS) is 28.6. The van der Waals surface area contributed by atoms with Gasteiger partial charge in [0.2, 0.25) is 17.7 Å². The number of nitrogens with zero attached hydrogens (tertiary/aromatic N) is 2. The van der Waals surface area contributed by atoms with E-state index in [-0.39, 0.29) is 44.8 Å². The van der Waals surface area contributed by atoms with Gasteiger partial charge in [-0.05, 0) is 42.4 Å². The van der Waals surface area contributed by atoms with E-state index >= 15 is 0 Å². The van der Waals surface area contributed by atoms with Crippen LogP contribution in [0.1, 0.15) is 81.8 Å². The summed E-state index contributed by atoms with van der Waals surface area (Å²) in [6, 6.07) is 2.89. The van der Waals surface area contributed by atoms with Crippen LogP contribution in [0.4, 0.5) is 18.0 Å². The van der Waals surface area contributed by atoms with Crippen molar-refractivity contribution < 1.29 is 47.0 Å². The fourth-order valence-electron chi connectivity index (χ4n) is 6.80. The number of carbonyl (C=O) groups excluding carboxylic acids is 4. The molecule has 0 aromatic heterocycles. The zero-order chi connectivity index (χ0) is 33.2. The van der Waals surface area contributed by atoms with Crippen molar-refractivity contribution in [2.45, 2.75) is 114 Å². The van der Waals surface area contributed by atoms with Crippen molar-refractivity contribution in [2.24, 2.45) is 5.92 Å². The SMILES string of the molecule is O=C(CCC(F)(F)F)N[C@H]1CCCCCCC[C@@H]2C[C@@]2(C(=O)O)NC(=O)[C@@H]2C[C@@H](OC(=O)N3Cc4cccc(Cl)c4C3)CN2C1=O. The van der Waals surface area contributed by atoms with Crippen molar-refractivity contribution in [2.75, 3.05) is 6.54 Å². The van der Waals surface area contributed by atoms with Gasteiger partial charge in [0.25, 0.3) is 0 Å². The second kappa shape index (κ2) is 13.7. The number of amides is 4. The van der Waals surface area contributed by atoms with Crippen molar-refractivity contribution in [1.29, 1.82) is 0 Å². The van der Waals surface area contributed by atoms with Crippen LogP contribution in [-0.2, 0) is 37.0 Å². The van der Waals surface area contributed by atoms with Gasteiger partial charge in [0.15, 0.2) is 0 Å². The van der Waals surface area contributed by atoms with Crippen LogP contribution in [0, 0.1) is 5.92 Å². The summed E-state index contributed by atoms with van der Waals surface area (Å²) in [4.78, 5) is 68.2. The van der Waals surface area contributed by atoms with Gasteiger partial charge in [-0.2, -0.15) is 13.2 Å². The predicted octanol–water partition coefficient (Wildman–Crippen LogP) is 4.29. The number of hydrogen-bond acceptors (Lipinski definition) is 6. The van der Waals surface area contributed by atoms with Gasteiger partial charge in [-0.1, -0.05) is 55.8 Å². The Balaban J connectivity index is 1.35. The van der Waals surface area contributed by atoms with Crippen molar-refractivity contribution in [3.63, 3.8) is 0 Å². The summed E-state index contributed by atoms with van der Waals surface area (Å²) in [5, 5.41) is 15.6. The Kier molecular flexibility index (Phi) is 10.0. The molecule has 3 heterocycles. The molecule has 5 atom stereocenters. The first kappa shape index (κ1) is 33.8. The molecular formula is C31H38ClF3N4O7. The van der Waals surface area contributed by atoms with E-state index in [4.69, 9.17) is 16.3 Å². The zero-order valence-electron chi connectivity index (χ0n) is 25.2. The summed E-state index contributed by atoms with van der Waals surface area (Å²) in [6.07, 6.45) is -3.96. The molecule has 3 fully saturated rings. The van der Waals surface area contributed by atoms with Crippen LogP contribution in [0.2, 0.25) is 5.02 Å². The van der Waals surface area contributed by atoms with Crippen molar-refractivity contribution >= 4 is 41.4 Å². The lowest BCUT2D eigenvalue weighted by molar-refractivity contribution is -0.147. The number of carbonyl (C=O) groups is 5. The lowest BCUT2D eigenvalue weighted by atomic mass is 10.0. The standard InChI is InChI=1S/C31H38ClF3N4O7/c32-22-9-6-7-18-15-38(17-21(18)22)29(45)46-20-13-24-26(41)37-30(28(43)44)14-19(30)8-4-2-1-3-5-10-23(27(42)39(24)16-20)36-25(40)11-12-31(33,34)35/h6-7,9,19-20,23-24H,1-5,8,10-17H2,(H,36,40)(H,37,41)(H,43,44)/t19-,20-,23+,24+,30-/m1/s1. The van der Waals surface area contributed by atoms with Crippen LogP contribution in [0.3, 0.4) is 0 Å². The molecule has 5 rings (SSSR count). The monoisotopic (exact) mass is 670 g/mol. The van der Waals surface area contributed by atoms with Gasteiger partial charge in [-0.25, -0.2) is 9.59 Å². The molecule has 0 bridgehead atoms. The van der Waals surface area contributed by atoms with Crippen molar-refractivity contribution in [3.05, 3.63) is 34.3 Å². The number of fused-ring (bicyclic) bond motifs is 3. The quantitative estimate of drug-likeness (QED) is 0.424. The van der Waals surface area contributed by atoms with Gasteiger partial charge in [-0.3, -0.25) is 19.3 Å². The molecular weight excluding hydrogens is 633 g/mol. The Bertz CT molecular complexity index is 1380. The van der Waals surface area contributed by atoms with E-state index in [1.54, 1.807) is 12.1 Å². The molecule has 4 aliphatic rings. The Hall–Kier alpha value is -3.55. The van der Waals surface area contributed by atoms with Gasteiger partial charge >= 0.3 is 18.2 Å². The zero-order valence-corrected chi connectivity index (χ0v) is 26.0. The summed E-state index contributed by atoms with van der Waals surface area (Å²) in [6.45, 7) is 0.243. The fraction of sp³-hybridized carbons (Fsp3) is 0.645. The minimum atomic E-state index is -4.55. The van der Waals surface area contributed by atoms with Crippen molar-refractivity contribution in [3.8, 4) is 0 Å². The van der Waals surface area contributed by atoms with Crippen LogP contribution >= 0.6 is 11.6 Å². The number of hydrogen-bond donors (Lipinski definition) is 3. The molecule has 1 aromatic carbocycles. The highest BCUT2D eigenvalue weighted by Crippen LogP contribution is 2.47. The highest BCUT2D eigenvalue weighted by molar-refractivity contribution is 6.31. The summed E-state index contributed by atoms with van der Waals surface area (Å²) in [5.74, 6) is -3.81. The molecule has 1 aliphatic carbocycles. The molecule has 2 saturated heterocycles. The van der Waals surface area contributed by atoms with Gasteiger partial charge in [0.1, 0.15) is 23.7 Å². The third kappa shape index (κ3) is 7.69. The molecule has 0 unspecified atom stereocenters. The van der Waals surface area contributed by atoms with E-state index in [1.165, 1.54) is 4.90 Å². The fourth-order valence-corrected chi connectivity index (χ4v) is 7.05. The van der Waals surface area contributed by atoms with Crippen LogP contribution in [0.25, 0.3) is 0 Å². The third-order valence-electron chi connectivity index (χ3n) is 9.45. The number of aliphatic carboxylic acids is 1. The number of rotatable bonds is 5. The number of ether oxygens (including phenoxy) is 1. The number of benzene rings is 1. The van der Waals surface area contributed by atoms with E-state index < -0.39 is 72.5 Å². The Morgan fingerprint density at radius 3 is 2.50 bits per heavy atom. The largest absolute Gasteiger partial charge is 0.479 e. The maximum absolute atomic E-state index is 14.0. The number of carboxylic acid groups (broad SMARTS) is 1. The first-order valence-corrected chi connectivity index (χ1v) is 16.1. The minimum absolute atomic E-state index is 0.125. The van der Waals surface area contributed by atoms with E-state index in [0.29, 0.717) is 24.3 Å². The molecule has 11 nitrogen and oxygen atoms in total. The molecule has 0 radical (unpaired) electrons. The highest BCUT2D eigenvalue weighted by atomic mass is 35.5. The number of nitrogens with one attached hydrogen (secondary N) is 2. The minimum Gasteiger partial charge on any atom is -0.479 e. The van der Waals surface area contributed by atoms with E-state index in [2.05, 4.69) is 10.6 Å². The summed E-state index contributed by atoms with van der Waals surface area (Å²) in [5.41, 5.74) is 0.184. The van der Waals surface area contributed by atoms with Gasteiger partial charge in [-0.15, -0.1) is 0 Å². The van der Waals surface area contributed by atoms with Crippen LogP contribution < -0.4 is 10.6 Å². The van der Waals surface area contributed by atoms with Gasteiger partial charge in [0.05, 0.1) is 19.5 Å². The molecule has 15 heteroatoms. The van der Waals surface area contributed by atoms with Crippen LogP contribution in [0.15, 0.2) is 18.2 Å². The molecule has 1 saturated carbocycles. The number of halogens is 4. The molecule has 252 valence electrons. The molecule has 3 aliphatic heterocycles. The topological polar surface area (TPSA) is 145 Å². The van der Waals surface area contributed by atoms with Gasteiger partial charge in [0, 0.05) is 24.4 Å². The van der Waals surface area contributed by atoms with E-state index in [0.717, 1.165) is 35.3 Å². The third-order valence-corrected chi connectivity index (χ3v) is 9.80. The highest BCUT2D eigenvalue weighted by Gasteiger charge is 2.62.